The summed E-state index contributed by atoms with van der Waals surface area (Å²) in [5.41, 5.74) is 3.97. The van der Waals surface area contributed by atoms with E-state index in [0.29, 0.717) is 19.5 Å². The summed E-state index contributed by atoms with van der Waals surface area (Å²) < 4.78 is 37.7. The molecule has 1 saturated heterocycles. The minimum Gasteiger partial charge on any atom is -0.351 e. The van der Waals surface area contributed by atoms with Gasteiger partial charge in [0.05, 0.1) is 12.7 Å². The number of carbonyl (C=O) groups excluding carboxylic acids is 2. The standard InChI is InChI=1S/C12H16F3N5O2/c13-12(14,15)8-4-17-10(18-8)7-2-1-3-20(5-7)6-9(21)19-11(16)22/h4,7H,1-3,5-6H2,(H,17,18)(H3,16,19,21,22)/t7-/m0/s1. The third-order valence-corrected chi connectivity index (χ3v) is 3.42. The lowest BCUT2D eigenvalue weighted by atomic mass is 9.97. The van der Waals surface area contributed by atoms with Crippen LogP contribution in [0.1, 0.15) is 30.3 Å². The molecule has 10 heteroatoms. The zero-order chi connectivity index (χ0) is 16.3. The fourth-order valence-electron chi connectivity index (χ4n) is 2.49. The number of imide groups is 1. The second kappa shape index (κ2) is 6.34. The SMILES string of the molecule is NC(=O)NC(=O)CN1CCC[C@H](c2ncc(C(F)(F)F)[nH]2)C1. The number of primary amides is 1. The number of nitrogens with one attached hydrogen (secondary N) is 2. The number of aromatic amines is 1. The van der Waals surface area contributed by atoms with Crippen LogP contribution in [-0.2, 0) is 11.0 Å². The summed E-state index contributed by atoms with van der Waals surface area (Å²) in [6, 6.07) is -0.931. The fraction of sp³-hybridized carbons (Fsp3) is 0.583. The summed E-state index contributed by atoms with van der Waals surface area (Å²) in [4.78, 5) is 29.9. The molecule has 0 spiro atoms. The van der Waals surface area contributed by atoms with E-state index in [4.69, 9.17) is 5.73 Å². The maximum atomic E-state index is 12.6. The molecule has 0 saturated carbocycles. The van der Waals surface area contributed by atoms with Gasteiger partial charge in [-0.1, -0.05) is 0 Å². The Balaban J connectivity index is 1.97. The maximum absolute atomic E-state index is 12.6. The van der Waals surface area contributed by atoms with Crippen LogP contribution in [0.4, 0.5) is 18.0 Å². The van der Waals surface area contributed by atoms with Crippen molar-refractivity contribution in [3.8, 4) is 0 Å². The van der Waals surface area contributed by atoms with Crippen LogP contribution in [0, 0.1) is 0 Å². The number of likely N-dealkylation sites (tertiary alicyclic amines) is 1. The van der Waals surface area contributed by atoms with E-state index in [-0.39, 0.29) is 18.3 Å². The number of urea groups is 1. The number of rotatable bonds is 3. The van der Waals surface area contributed by atoms with Crippen LogP contribution in [0.5, 0.6) is 0 Å². The van der Waals surface area contributed by atoms with Gasteiger partial charge >= 0.3 is 12.2 Å². The predicted octanol–water partition coefficient (Wildman–Crippen LogP) is 0.803. The monoisotopic (exact) mass is 319 g/mol. The van der Waals surface area contributed by atoms with Crippen molar-refractivity contribution in [2.75, 3.05) is 19.6 Å². The first-order chi connectivity index (χ1) is 10.3. The van der Waals surface area contributed by atoms with E-state index in [2.05, 4.69) is 9.97 Å². The van der Waals surface area contributed by atoms with Gasteiger partial charge in [-0.3, -0.25) is 15.0 Å². The Kier molecular flexibility index (Phi) is 4.69. The van der Waals surface area contributed by atoms with E-state index in [1.54, 1.807) is 4.90 Å². The number of nitrogens with zero attached hydrogens (tertiary/aromatic N) is 2. The number of alkyl halides is 3. The highest BCUT2D eigenvalue weighted by molar-refractivity contribution is 5.94. The average molecular weight is 319 g/mol. The van der Waals surface area contributed by atoms with E-state index >= 15 is 0 Å². The van der Waals surface area contributed by atoms with E-state index in [9.17, 15) is 22.8 Å². The predicted molar refractivity (Wildman–Crippen MR) is 69.7 cm³/mol. The molecule has 1 aromatic heterocycles. The van der Waals surface area contributed by atoms with Crippen LogP contribution < -0.4 is 11.1 Å². The van der Waals surface area contributed by atoms with Crippen molar-refractivity contribution in [3.63, 3.8) is 0 Å². The van der Waals surface area contributed by atoms with Gasteiger partial charge in [0.15, 0.2) is 0 Å². The first-order valence-corrected chi connectivity index (χ1v) is 6.69. The molecule has 0 aromatic carbocycles. The molecule has 7 nitrogen and oxygen atoms in total. The Labute approximate surface area is 124 Å². The number of carbonyl (C=O) groups is 2. The lowest BCUT2D eigenvalue weighted by Crippen LogP contribution is -2.45. The van der Waals surface area contributed by atoms with Crippen molar-refractivity contribution in [1.82, 2.24) is 20.2 Å². The normalized spacial score (nSPS) is 19.9. The molecule has 0 aliphatic carbocycles. The fourth-order valence-corrected chi connectivity index (χ4v) is 2.49. The Morgan fingerprint density at radius 2 is 2.23 bits per heavy atom. The van der Waals surface area contributed by atoms with Gasteiger partial charge in [-0.2, -0.15) is 13.2 Å². The highest BCUT2D eigenvalue weighted by Crippen LogP contribution is 2.30. The van der Waals surface area contributed by atoms with E-state index in [0.717, 1.165) is 12.6 Å². The van der Waals surface area contributed by atoms with E-state index < -0.39 is 23.8 Å². The smallest absolute Gasteiger partial charge is 0.351 e. The molecule has 0 unspecified atom stereocenters. The minimum atomic E-state index is -4.46. The molecule has 122 valence electrons. The molecule has 1 aliphatic heterocycles. The van der Waals surface area contributed by atoms with Gasteiger partial charge < -0.3 is 10.7 Å². The zero-order valence-corrected chi connectivity index (χ0v) is 11.6. The quantitative estimate of drug-likeness (QED) is 0.766. The molecule has 22 heavy (non-hydrogen) atoms. The number of halogens is 3. The van der Waals surface area contributed by atoms with Crippen LogP contribution in [0.25, 0.3) is 0 Å². The summed E-state index contributed by atoms with van der Waals surface area (Å²) in [5.74, 6) is -0.498. The van der Waals surface area contributed by atoms with Gasteiger partial charge in [-0.05, 0) is 19.4 Å². The van der Waals surface area contributed by atoms with Gasteiger partial charge in [0.25, 0.3) is 0 Å². The third kappa shape index (κ3) is 4.20. The van der Waals surface area contributed by atoms with Gasteiger partial charge in [0, 0.05) is 12.5 Å². The first-order valence-electron chi connectivity index (χ1n) is 6.69. The van der Waals surface area contributed by atoms with Crippen LogP contribution in [0.2, 0.25) is 0 Å². The van der Waals surface area contributed by atoms with Crippen molar-refractivity contribution in [2.45, 2.75) is 24.9 Å². The molecule has 1 atom stereocenters. The third-order valence-electron chi connectivity index (χ3n) is 3.42. The van der Waals surface area contributed by atoms with Crippen molar-refractivity contribution in [3.05, 3.63) is 17.7 Å². The molecule has 2 rings (SSSR count). The van der Waals surface area contributed by atoms with E-state index in [1.807, 2.05) is 5.32 Å². The van der Waals surface area contributed by atoms with Crippen LogP contribution >= 0.6 is 0 Å². The zero-order valence-electron chi connectivity index (χ0n) is 11.6. The molecular weight excluding hydrogens is 303 g/mol. The molecule has 1 fully saturated rings. The number of imidazole rings is 1. The van der Waals surface area contributed by atoms with Crippen LogP contribution in [0.15, 0.2) is 6.20 Å². The lowest BCUT2D eigenvalue weighted by molar-refractivity contribution is -0.141. The van der Waals surface area contributed by atoms with Crippen molar-refractivity contribution < 1.29 is 22.8 Å². The van der Waals surface area contributed by atoms with Crippen LogP contribution in [-0.4, -0.2) is 46.4 Å². The van der Waals surface area contributed by atoms with Crippen LogP contribution in [0.3, 0.4) is 0 Å². The molecule has 0 bridgehead atoms. The second-order valence-corrected chi connectivity index (χ2v) is 5.17. The number of aromatic nitrogens is 2. The van der Waals surface area contributed by atoms with Gasteiger partial charge in [0.1, 0.15) is 11.5 Å². The number of amides is 3. The van der Waals surface area contributed by atoms with Crippen molar-refractivity contribution >= 4 is 11.9 Å². The lowest BCUT2D eigenvalue weighted by Gasteiger charge is -2.31. The highest BCUT2D eigenvalue weighted by Gasteiger charge is 2.34. The molecule has 2 heterocycles. The average Bonchev–Trinajstić information content (AvgIpc) is 2.87. The van der Waals surface area contributed by atoms with Gasteiger partial charge in [0.2, 0.25) is 5.91 Å². The summed E-state index contributed by atoms with van der Waals surface area (Å²) >= 11 is 0. The Morgan fingerprint density at radius 1 is 1.50 bits per heavy atom. The number of nitrogens with two attached hydrogens (primary N) is 1. The molecule has 4 N–H and O–H groups in total. The summed E-state index contributed by atoms with van der Waals surface area (Å²) in [6.07, 6.45) is -2.29. The minimum absolute atomic E-state index is 0.0354. The molecule has 1 aliphatic rings. The first kappa shape index (κ1) is 16.3. The molecule has 1 aromatic rings. The number of hydrogen-bond donors (Lipinski definition) is 3. The number of H-pyrrole nitrogens is 1. The molecular formula is C12H16F3N5O2. The topological polar surface area (TPSA) is 104 Å². The van der Waals surface area contributed by atoms with Crippen molar-refractivity contribution in [2.24, 2.45) is 5.73 Å². The second-order valence-electron chi connectivity index (χ2n) is 5.17. The largest absolute Gasteiger partial charge is 0.432 e. The Hall–Kier alpha value is -2.10. The van der Waals surface area contributed by atoms with Gasteiger partial charge in [-0.15, -0.1) is 0 Å². The number of piperidine rings is 1. The Morgan fingerprint density at radius 3 is 2.82 bits per heavy atom. The van der Waals surface area contributed by atoms with Crippen molar-refractivity contribution in [1.29, 1.82) is 0 Å². The van der Waals surface area contributed by atoms with Gasteiger partial charge in [-0.25, -0.2) is 9.78 Å². The van der Waals surface area contributed by atoms with E-state index in [1.165, 1.54) is 0 Å². The Bertz CT molecular complexity index is 557. The number of hydrogen-bond acceptors (Lipinski definition) is 4. The summed E-state index contributed by atoms with van der Waals surface area (Å²) in [7, 11) is 0. The summed E-state index contributed by atoms with van der Waals surface area (Å²) in [6.45, 7) is 0.971. The summed E-state index contributed by atoms with van der Waals surface area (Å²) in [5, 5.41) is 1.95. The maximum Gasteiger partial charge on any atom is 0.432 e. The molecule has 0 radical (unpaired) electrons. The highest BCUT2D eigenvalue weighted by atomic mass is 19.4. The molecule has 3 amide bonds.